The molecular weight excluding hydrogens is 248 g/mol. The Morgan fingerprint density at radius 2 is 2.10 bits per heavy atom. The fourth-order valence-electron chi connectivity index (χ4n) is 3.10. The number of anilines is 2. The van der Waals surface area contributed by atoms with Gasteiger partial charge in [-0.3, -0.25) is 4.79 Å². The van der Waals surface area contributed by atoms with E-state index in [9.17, 15) is 4.79 Å². The summed E-state index contributed by atoms with van der Waals surface area (Å²) in [5, 5.41) is 6.51. The smallest absolute Gasteiger partial charge is 0.221 e. The van der Waals surface area contributed by atoms with Gasteiger partial charge in [-0.15, -0.1) is 0 Å². The lowest BCUT2D eigenvalue weighted by atomic mass is 9.75. The minimum Gasteiger partial charge on any atom is -0.382 e. The van der Waals surface area contributed by atoms with Crippen molar-refractivity contribution in [2.45, 2.75) is 59.4 Å². The second kappa shape index (κ2) is 5.86. The molecule has 20 heavy (non-hydrogen) atoms. The van der Waals surface area contributed by atoms with Crippen molar-refractivity contribution in [3.8, 4) is 0 Å². The van der Waals surface area contributed by atoms with E-state index in [0.717, 1.165) is 11.4 Å². The Bertz CT molecular complexity index is 494. The maximum absolute atomic E-state index is 11.2. The summed E-state index contributed by atoms with van der Waals surface area (Å²) >= 11 is 0. The van der Waals surface area contributed by atoms with Gasteiger partial charge in [-0.05, 0) is 49.3 Å². The van der Waals surface area contributed by atoms with Crippen LogP contribution in [0.15, 0.2) is 18.2 Å². The van der Waals surface area contributed by atoms with Gasteiger partial charge in [0.25, 0.3) is 0 Å². The number of nitrogens with one attached hydrogen (secondary N) is 2. The summed E-state index contributed by atoms with van der Waals surface area (Å²) in [7, 11) is 0. The molecular formula is C17H26N2O. The SMILES string of the molecule is CC(=O)Nc1ccc(C)c(NC2CCCC(C)(C)C2)c1. The molecule has 0 bridgehead atoms. The van der Waals surface area contributed by atoms with E-state index >= 15 is 0 Å². The van der Waals surface area contributed by atoms with Crippen LogP contribution in [-0.4, -0.2) is 11.9 Å². The molecule has 1 amide bonds. The van der Waals surface area contributed by atoms with Crippen molar-refractivity contribution >= 4 is 17.3 Å². The predicted molar refractivity (Wildman–Crippen MR) is 85.1 cm³/mol. The quantitative estimate of drug-likeness (QED) is 0.861. The molecule has 2 rings (SSSR count). The van der Waals surface area contributed by atoms with Crippen molar-refractivity contribution in [3.63, 3.8) is 0 Å². The first kappa shape index (κ1) is 14.9. The third-order valence-electron chi connectivity index (χ3n) is 4.12. The van der Waals surface area contributed by atoms with Crippen molar-refractivity contribution < 1.29 is 4.79 Å². The monoisotopic (exact) mass is 274 g/mol. The zero-order valence-corrected chi connectivity index (χ0v) is 13.0. The van der Waals surface area contributed by atoms with E-state index in [-0.39, 0.29) is 5.91 Å². The molecule has 1 aliphatic carbocycles. The van der Waals surface area contributed by atoms with E-state index in [4.69, 9.17) is 0 Å². The Balaban J connectivity index is 2.10. The normalized spacial score (nSPS) is 21.3. The summed E-state index contributed by atoms with van der Waals surface area (Å²) in [4.78, 5) is 11.2. The van der Waals surface area contributed by atoms with Gasteiger partial charge in [0.2, 0.25) is 5.91 Å². The number of benzene rings is 1. The van der Waals surface area contributed by atoms with Crippen LogP contribution in [0.3, 0.4) is 0 Å². The Kier molecular flexibility index (Phi) is 4.36. The van der Waals surface area contributed by atoms with Crippen LogP contribution in [0, 0.1) is 12.3 Å². The van der Waals surface area contributed by atoms with Gasteiger partial charge in [-0.25, -0.2) is 0 Å². The molecule has 3 nitrogen and oxygen atoms in total. The zero-order chi connectivity index (χ0) is 14.8. The van der Waals surface area contributed by atoms with Crippen LogP contribution < -0.4 is 10.6 Å². The topological polar surface area (TPSA) is 41.1 Å². The molecule has 0 spiro atoms. The van der Waals surface area contributed by atoms with E-state index in [1.54, 1.807) is 0 Å². The standard InChI is InChI=1S/C17H26N2O/c1-12-7-8-14(18-13(2)20)10-16(12)19-15-6-5-9-17(3,4)11-15/h7-8,10,15,19H,5-6,9,11H2,1-4H3,(H,18,20). The maximum atomic E-state index is 11.2. The van der Waals surface area contributed by atoms with Gasteiger partial charge in [-0.2, -0.15) is 0 Å². The number of rotatable bonds is 3. The molecule has 1 atom stereocenters. The highest BCUT2D eigenvalue weighted by atomic mass is 16.1. The largest absolute Gasteiger partial charge is 0.382 e. The molecule has 0 radical (unpaired) electrons. The number of carbonyl (C=O) groups is 1. The molecule has 2 N–H and O–H groups in total. The van der Waals surface area contributed by atoms with Gasteiger partial charge in [0.15, 0.2) is 0 Å². The van der Waals surface area contributed by atoms with Gasteiger partial charge in [0, 0.05) is 24.3 Å². The Morgan fingerprint density at radius 3 is 2.75 bits per heavy atom. The van der Waals surface area contributed by atoms with Crippen molar-refractivity contribution in [1.29, 1.82) is 0 Å². The Hall–Kier alpha value is -1.51. The lowest BCUT2D eigenvalue weighted by Crippen LogP contribution is -2.32. The number of hydrogen-bond acceptors (Lipinski definition) is 2. The molecule has 1 aromatic rings. The third kappa shape index (κ3) is 3.99. The molecule has 1 saturated carbocycles. The molecule has 1 fully saturated rings. The number of hydrogen-bond donors (Lipinski definition) is 2. The first-order chi connectivity index (χ1) is 9.35. The van der Waals surface area contributed by atoms with Gasteiger partial charge in [-0.1, -0.05) is 26.3 Å². The average Bonchev–Trinajstić information content (AvgIpc) is 2.31. The van der Waals surface area contributed by atoms with Crippen LogP contribution in [0.4, 0.5) is 11.4 Å². The van der Waals surface area contributed by atoms with Crippen LogP contribution >= 0.6 is 0 Å². The Morgan fingerprint density at radius 1 is 1.35 bits per heavy atom. The fourth-order valence-corrected chi connectivity index (χ4v) is 3.10. The predicted octanol–water partition coefficient (Wildman–Crippen LogP) is 4.33. The van der Waals surface area contributed by atoms with E-state index < -0.39 is 0 Å². The van der Waals surface area contributed by atoms with Gasteiger partial charge in [0.05, 0.1) is 0 Å². The lowest BCUT2D eigenvalue weighted by Gasteiger charge is -2.36. The van der Waals surface area contributed by atoms with Gasteiger partial charge in [0.1, 0.15) is 0 Å². The Labute approximate surface area is 122 Å². The van der Waals surface area contributed by atoms with Crippen molar-refractivity contribution in [2.24, 2.45) is 5.41 Å². The molecule has 1 unspecified atom stereocenters. The molecule has 1 aliphatic rings. The van der Waals surface area contributed by atoms with E-state index in [1.165, 1.54) is 38.2 Å². The molecule has 3 heteroatoms. The highest BCUT2D eigenvalue weighted by Gasteiger charge is 2.27. The number of amides is 1. The first-order valence-electron chi connectivity index (χ1n) is 7.50. The molecule has 0 saturated heterocycles. The summed E-state index contributed by atoms with van der Waals surface area (Å²) in [6, 6.07) is 6.58. The zero-order valence-electron chi connectivity index (χ0n) is 13.0. The van der Waals surface area contributed by atoms with Gasteiger partial charge < -0.3 is 10.6 Å². The molecule has 0 heterocycles. The van der Waals surface area contributed by atoms with Gasteiger partial charge >= 0.3 is 0 Å². The molecule has 1 aromatic carbocycles. The summed E-state index contributed by atoms with van der Waals surface area (Å²) in [5.41, 5.74) is 3.65. The molecule has 0 aliphatic heterocycles. The molecule has 0 aromatic heterocycles. The second-order valence-corrected chi connectivity index (χ2v) is 6.81. The van der Waals surface area contributed by atoms with E-state index in [0.29, 0.717) is 11.5 Å². The summed E-state index contributed by atoms with van der Waals surface area (Å²) in [6.07, 6.45) is 5.04. The molecule has 110 valence electrons. The van der Waals surface area contributed by atoms with Crippen LogP contribution in [-0.2, 0) is 4.79 Å². The summed E-state index contributed by atoms with van der Waals surface area (Å²) in [5.74, 6) is -0.0291. The number of aryl methyl sites for hydroxylation is 1. The van der Waals surface area contributed by atoms with Crippen LogP contribution in [0.25, 0.3) is 0 Å². The lowest BCUT2D eigenvalue weighted by molar-refractivity contribution is -0.114. The maximum Gasteiger partial charge on any atom is 0.221 e. The number of carbonyl (C=O) groups excluding carboxylic acids is 1. The minimum atomic E-state index is -0.0291. The highest BCUT2D eigenvalue weighted by molar-refractivity contribution is 5.89. The fraction of sp³-hybridized carbons (Fsp3) is 0.588. The summed E-state index contributed by atoms with van der Waals surface area (Å²) < 4.78 is 0. The van der Waals surface area contributed by atoms with E-state index in [1.807, 2.05) is 12.1 Å². The van der Waals surface area contributed by atoms with Crippen molar-refractivity contribution in [2.75, 3.05) is 10.6 Å². The van der Waals surface area contributed by atoms with E-state index in [2.05, 4.69) is 37.5 Å². The first-order valence-corrected chi connectivity index (χ1v) is 7.50. The minimum absolute atomic E-state index is 0.0291. The van der Waals surface area contributed by atoms with Crippen molar-refractivity contribution in [1.82, 2.24) is 0 Å². The highest BCUT2D eigenvalue weighted by Crippen LogP contribution is 2.36. The average molecular weight is 274 g/mol. The van der Waals surface area contributed by atoms with Crippen LogP contribution in [0.2, 0.25) is 0 Å². The second-order valence-electron chi connectivity index (χ2n) is 6.81. The summed E-state index contributed by atoms with van der Waals surface area (Å²) in [6.45, 7) is 8.34. The third-order valence-corrected chi connectivity index (χ3v) is 4.12. The van der Waals surface area contributed by atoms with Crippen LogP contribution in [0.5, 0.6) is 0 Å². The van der Waals surface area contributed by atoms with Crippen LogP contribution in [0.1, 0.15) is 52.0 Å². The van der Waals surface area contributed by atoms with Crippen molar-refractivity contribution in [3.05, 3.63) is 23.8 Å².